The first-order valence-electron chi connectivity index (χ1n) is 12.4. The fourth-order valence-electron chi connectivity index (χ4n) is 5.18. The zero-order valence-electron chi connectivity index (χ0n) is 20.0. The summed E-state index contributed by atoms with van der Waals surface area (Å²) in [4.78, 5) is 8.27. The number of anilines is 1. The summed E-state index contributed by atoms with van der Waals surface area (Å²) >= 11 is 0. The third kappa shape index (κ3) is 4.98. The molecule has 194 valence electrons. The van der Waals surface area contributed by atoms with Crippen LogP contribution in [0.5, 0.6) is 5.88 Å². The molecule has 0 amide bonds. The van der Waals surface area contributed by atoms with Gasteiger partial charge in [0.15, 0.2) is 5.82 Å². The van der Waals surface area contributed by atoms with E-state index >= 15 is 0 Å². The summed E-state index contributed by atoms with van der Waals surface area (Å²) in [7, 11) is 0. The average Bonchev–Trinajstić information content (AvgIpc) is 3.25. The molecule has 0 spiro atoms. The van der Waals surface area contributed by atoms with Gasteiger partial charge in [-0.1, -0.05) is 0 Å². The maximum absolute atomic E-state index is 14.4. The van der Waals surface area contributed by atoms with E-state index in [9.17, 15) is 17.6 Å². The Hall–Kier alpha value is -2.95. The number of fused-ring (bicyclic) bond motifs is 1. The van der Waals surface area contributed by atoms with Gasteiger partial charge in [-0.05, 0) is 51.5 Å². The lowest BCUT2D eigenvalue weighted by atomic mass is 9.93. The topological polar surface area (TPSA) is 74.1 Å². The fraction of sp³-hybridized carbons (Fsp3) is 0.560. The van der Waals surface area contributed by atoms with Crippen molar-refractivity contribution in [1.82, 2.24) is 19.7 Å². The third-order valence-electron chi connectivity index (χ3n) is 7.02. The zero-order valence-corrected chi connectivity index (χ0v) is 20.0. The molecule has 2 fully saturated rings. The van der Waals surface area contributed by atoms with Crippen LogP contribution in [0.2, 0.25) is 0 Å². The molecule has 1 saturated carbocycles. The summed E-state index contributed by atoms with van der Waals surface area (Å²) in [5.41, 5.74) is 0.685. The Labute approximate surface area is 206 Å². The number of halogens is 4. The van der Waals surface area contributed by atoms with Crippen LogP contribution < -0.4 is 10.1 Å². The van der Waals surface area contributed by atoms with Crippen molar-refractivity contribution in [3.63, 3.8) is 0 Å². The smallest absolute Gasteiger partial charge is 0.419 e. The lowest BCUT2D eigenvalue weighted by Crippen LogP contribution is -2.27. The van der Waals surface area contributed by atoms with Gasteiger partial charge in [-0.15, -0.1) is 0 Å². The highest BCUT2D eigenvalue weighted by atomic mass is 19.4. The highest BCUT2D eigenvalue weighted by Crippen LogP contribution is 2.39. The van der Waals surface area contributed by atoms with Crippen molar-refractivity contribution < 1.29 is 27.0 Å². The van der Waals surface area contributed by atoms with E-state index in [1.807, 2.05) is 19.2 Å². The minimum absolute atomic E-state index is 0.0946. The summed E-state index contributed by atoms with van der Waals surface area (Å²) in [5.74, 6) is -0.965. The summed E-state index contributed by atoms with van der Waals surface area (Å²) in [6.45, 7) is 4.19. The molecule has 11 heteroatoms. The summed E-state index contributed by atoms with van der Waals surface area (Å²) in [6, 6.07) is 2.74. The maximum atomic E-state index is 14.4. The van der Waals surface area contributed by atoms with E-state index in [1.165, 1.54) is 0 Å². The number of hydrogen-bond donors (Lipinski definition) is 1. The molecule has 0 atom stereocenters. The normalized spacial score (nSPS) is 21.6. The van der Waals surface area contributed by atoms with Gasteiger partial charge >= 0.3 is 6.18 Å². The van der Waals surface area contributed by atoms with Crippen LogP contribution in [-0.2, 0) is 10.9 Å². The first-order chi connectivity index (χ1) is 17.3. The van der Waals surface area contributed by atoms with Crippen LogP contribution in [0.1, 0.15) is 68.7 Å². The largest absolute Gasteiger partial charge is 0.472 e. The summed E-state index contributed by atoms with van der Waals surface area (Å²) < 4.78 is 66.7. The molecule has 1 saturated heterocycles. The van der Waals surface area contributed by atoms with Crippen molar-refractivity contribution in [3.8, 4) is 5.88 Å². The van der Waals surface area contributed by atoms with Crippen LogP contribution in [0.3, 0.4) is 0 Å². The Morgan fingerprint density at radius 3 is 2.56 bits per heavy atom. The molecule has 3 aromatic rings. The average molecular weight is 508 g/mol. The summed E-state index contributed by atoms with van der Waals surface area (Å²) in [5, 5.41) is 9.35. The number of pyridine rings is 2. The van der Waals surface area contributed by atoms with E-state index in [1.54, 1.807) is 0 Å². The SMILES string of the molecule is CCNc1cc2c(cn1)c(C1CCOCC1)nn2C1CCC(Oc2nccc(C(F)(F)F)c2F)CC1. The number of hydrogen-bond acceptors (Lipinski definition) is 6. The second-order valence-corrected chi connectivity index (χ2v) is 9.36. The van der Waals surface area contributed by atoms with E-state index in [0.29, 0.717) is 50.9 Å². The summed E-state index contributed by atoms with van der Waals surface area (Å²) in [6.07, 6.45) is 1.95. The Morgan fingerprint density at radius 1 is 1.11 bits per heavy atom. The molecule has 1 aliphatic heterocycles. The zero-order chi connectivity index (χ0) is 25.3. The first-order valence-corrected chi connectivity index (χ1v) is 12.4. The van der Waals surface area contributed by atoms with Crippen LogP contribution in [0, 0.1) is 5.82 Å². The highest BCUT2D eigenvalue weighted by molar-refractivity contribution is 5.84. The molecule has 36 heavy (non-hydrogen) atoms. The van der Waals surface area contributed by atoms with E-state index in [4.69, 9.17) is 14.6 Å². The van der Waals surface area contributed by atoms with Gasteiger partial charge in [0.1, 0.15) is 11.9 Å². The third-order valence-corrected chi connectivity index (χ3v) is 7.02. The molecule has 4 heterocycles. The lowest BCUT2D eigenvalue weighted by Gasteiger charge is -2.29. The molecule has 3 aromatic heterocycles. The quantitative estimate of drug-likeness (QED) is 0.421. The number of nitrogens with one attached hydrogen (secondary N) is 1. The van der Waals surface area contributed by atoms with Crippen LogP contribution in [0.15, 0.2) is 24.5 Å². The molecule has 0 radical (unpaired) electrons. The minimum atomic E-state index is -4.80. The van der Waals surface area contributed by atoms with Gasteiger partial charge < -0.3 is 14.8 Å². The van der Waals surface area contributed by atoms with Crippen molar-refractivity contribution in [3.05, 3.63) is 41.6 Å². The van der Waals surface area contributed by atoms with E-state index in [0.717, 1.165) is 48.0 Å². The number of alkyl halides is 3. The maximum Gasteiger partial charge on any atom is 0.419 e. The molecule has 1 aliphatic carbocycles. The number of aromatic nitrogens is 4. The van der Waals surface area contributed by atoms with E-state index in [-0.39, 0.29) is 6.04 Å². The van der Waals surface area contributed by atoms with Crippen LogP contribution in [0.4, 0.5) is 23.4 Å². The predicted octanol–water partition coefficient (Wildman–Crippen LogP) is 5.87. The van der Waals surface area contributed by atoms with Gasteiger partial charge in [0.2, 0.25) is 0 Å². The lowest BCUT2D eigenvalue weighted by molar-refractivity contribution is -0.140. The van der Waals surface area contributed by atoms with Crippen LogP contribution >= 0.6 is 0 Å². The van der Waals surface area contributed by atoms with Gasteiger partial charge in [0.05, 0.1) is 22.8 Å². The van der Waals surface area contributed by atoms with Crippen molar-refractivity contribution >= 4 is 16.7 Å². The molecule has 5 rings (SSSR count). The van der Waals surface area contributed by atoms with Gasteiger partial charge in [0.25, 0.3) is 5.88 Å². The van der Waals surface area contributed by atoms with Gasteiger partial charge in [-0.3, -0.25) is 4.68 Å². The number of nitrogens with zero attached hydrogens (tertiary/aromatic N) is 4. The van der Waals surface area contributed by atoms with E-state index in [2.05, 4.69) is 20.0 Å². The standard InChI is InChI=1S/C25H29F4N5O2/c1-2-30-21-13-20-18(14-32-21)23(15-8-11-35-12-9-15)33-34(20)16-3-5-17(6-4-16)36-24-22(26)19(7-10-31-24)25(27,28)29/h7,10,13-17H,2-6,8-9,11-12H2,1H3,(H,30,32). The molecular formula is C25H29F4N5O2. The monoisotopic (exact) mass is 507 g/mol. The first kappa shape index (κ1) is 24.7. The highest BCUT2D eigenvalue weighted by Gasteiger charge is 2.36. The fourth-order valence-corrected chi connectivity index (χ4v) is 5.18. The Balaban J connectivity index is 1.35. The molecule has 7 nitrogen and oxygen atoms in total. The Bertz CT molecular complexity index is 1200. The van der Waals surface area contributed by atoms with E-state index < -0.39 is 29.5 Å². The van der Waals surface area contributed by atoms with Gasteiger partial charge in [-0.2, -0.15) is 18.3 Å². The van der Waals surface area contributed by atoms with Gasteiger partial charge in [0, 0.05) is 49.5 Å². The molecule has 0 bridgehead atoms. The van der Waals surface area contributed by atoms with Crippen molar-refractivity contribution in [2.24, 2.45) is 0 Å². The van der Waals surface area contributed by atoms with Gasteiger partial charge in [-0.25, -0.2) is 14.4 Å². The van der Waals surface area contributed by atoms with Crippen LogP contribution in [0.25, 0.3) is 10.9 Å². The van der Waals surface area contributed by atoms with Crippen molar-refractivity contribution in [1.29, 1.82) is 0 Å². The molecular weight excluding hydrogens is 478 g/mol. The number of ether oxygens (including phenoxy) is 2. The Kier molecular flexibility index (Phi) is 7.00. The predicted molar refractivity (Wildman–Crippen MR) is 126 cm³/mol. The van der Waals surface area contributed by atoms with Crippen molar-refractivity contribution in [2.45, 2.75) is 69.7 Å². The Morgan fingerprint density at radius 2 is 1.86 bits per heavy atom. The minimum Gasteiger partial charge on any atom is -0.472 e. The van der Waals surface area contributed by atoms with Crippen LogP contribution in [-0.4, -0.2) is 45.6 Å². The second-order valence-electron chi connectivity index (χ2n) is 9.36. The molecule has 0 unspecified atom stereocenters. The second kappa shape index (κ2) is 10.2. The van der Waals surface area contributed by atoms with Crippen molar-refractivity contribution in [2.75, 3.05) is 25.1 Å². The molecule has 0 aromatic carbocycles. The number of rotatable bonds is 6. The molecule has 1 N–H and O–H groups in total. The molecule has 2 aliphatic rings.